The van der Waals surface area contributed by atoms with Crippen molar-refractivity contribution in [1.29, 1.82) is 0 Å². The highest BCUT2D eigenvalue weighted by Gasteiger charge is 2.18. The number of aromatic nitrogens is 2. The van der Waals surface area contributed by atoms with Gasteiger partial charge in [0.25, 0.3) is 0 Å². The molecule has 2 heterocycles. The van der Waals surface area contributed by atoms with E-state index in [4.69, 9.17) is 4.74 Å². The number of carbonyl (C=O) groups excluding carboxylic acids is 1. The highest BCUT2D eigenvalue weighted by atomic mass is 32.1. The van der Waals surface area contributed by atoms with Crippen LogP contribution in [0.15, 0.2) is 52.6 Å². The molecule has 5 nitrogen and oxygen atoms in total. The van der Waals surface area contributed by atoms with Gasteiger partial charge in [0, 0.05) is 16.6 Å². The largest absolute Gasteiger partial charge is 0.455 e. The summed E-state index contributed by atoms with van der Waals surface area (Å²) in [4.78, 5) is 25.0. The van der Waals surface area contributed by atoms with Crippen LogP contribution in [-0.2, 0) is 11.3 Å². The highest BCUT2D eigenvalue weighted by Crippen LogP contribution is 2.14. The zero-order valence-electron chi connectivity index (χ0n) is 12.7. The van der Waals surface area contributed by atoms with Crippen LogP contribution in [0.5, 0.6) is 0 Å². The maximum atomic E-state index is 14.0. The summed E-state index contributed by atoms with van der Waals surface area (Å²) in [6, 6.07) is 10.9. The van der Waals surface area contributed by atoms with E-state index < -0.39 is 17.2 Å². The van der Waals surface area contributed by atoms with Gasteiger partial charge in [-0.15, -0.1) is 11.3 Å². The minimum Gasteiger partial charge on any atom is -0.455 e. The Balaban J connectivity index is 1.94. The first-order chi connectivity index (χ1) is 11.6. The molecule has 3 aromatic rings. The number of esters is 1. The lowest BCUT2D eigenvalue weighted by Gasteiger charge is -2.11. The van der Waals surface area contributed by atoms with Gasteiger partial charge in [-0.3, -0.25) is 4.79 Å². The predicted molar refractivity (Wildman–Crippen MR) is 88.0 cm³/mol. The molecule has 2 aromatic heterocycles. The second kappa shape index (κ2) is 6.76. The van der Waals surface area contributed by atoms with Crippen molar-refractivity contribution in [3.05, 3.63) is 80.2 Å². The number of thiophene rings is 1. The molecule has 122 valence electrons. The molecule has 3 rings (SSSR count). The Kier molecular flexibility index (Phi) is 4.52. The summed E-state index contributed by atoms with van der Waals surface area (Å²) in [6.07, 6.45) is 0. The number of hydrogen-bond donors (Lipinski definition) is 0. The third-order valence-electron chi connectivity index (χ3n) is 3.31. The number of rotatable bonds is 4. The average molecular weight is 344 g/mol. The monoisotopic (exact) mass is 344 g/mol. The first-order valence-electron chi connectivity index (χ1n) is 7.11. The van der Waals surface area contributed by atoms with E-state index in [0.29, 0.717) is 5.69 Å². The van der Waals surface area contributed by atoms with Crippen LogP contribution in [0.1, 0.15) is 21.1 Å². The molecule has 0 N–H and O–H groups in total. The molecule has 24 heavy (non-hydrogen) atoms. The topological polar surface area (TPSA) is 61.2 Å². The maximum Gasteiger partial charge on any atom is 0.363 e. The third kappa shape index (κ3) is 3.26. The molecule has 0 aliphatic heterocycles. The summed E-state index contributed by atoms with van der Waals surface area (Å²) in [7, 11) is 0. The summed E-state index contributed by atoms with van der Waals surface area (Å²) >= 11 is 1.44. The molecule has 0 radical (unpaired) electrons. The summed E-state index contributed by atoms with van der Waals surface area (Å²) in [6.45, 7) is 1.67. The second-order valence-electron chi connectivity index (χ2n) is 5.02. The first kappa shape index (κ1) is 16.1. The van der Waals surface area contributed by atoms with Gasteiger partial charge in [-0.2, -0.15) is 5.10 Å². The van der Waals surface area contributed by atoms with Crippen LogP contribution < -0.4 is 5.43 Å². The molecule has 1 aromatic carbocycles. The number of benzene rings is 1. The lowest BCUT2D eigenvalue weighted by Crippen LogP contribution is -2.24. The van der Waals surface area contributed by atoms with Crippen LogP contribution in [0, 0.1) is 12.7 Å². The third-order valence-corrected chi connectivity index (χ3v) is 4.16. The number of para-hydroxylation sites is 1. The number of ether oxygens (including phenoxy) is 1. The summed E-state index contributed by atoms with van der Waals surface area (Å²) in [5.41, 5.74) is -0.362. The zero-order chi connectivity index (χ0) is 17.1. The van der Waals surface area contributed by atoms with Gasteiger partial charge in [0.1, 0.15) is 18.1 Å². The Morgan fingerprint density at radius 2 is 2.08 bits per heavy atom. The summed E-state index contributed by atoms with van der Waals surface area (Å²) in [5.74, 6) is -1.34. The van der Waals surface area contributed by atoms with Gasteiger partial charge in [0.05, 0.1) is 0 Å². The molecule has 0 saturated carbocycles. The molecule has 0 bridgehead atoms. The lowest BCUT2D eigenvalue weighted by atomic mass is 10.2. The number of aryl methyl sites for hydroxylation is 1. The fraction of sp³-hybridized carbons (Fsp3) is 0.118. The van der Waals surface area contributed by atoms with E-state index in [1.54, 1.807) is 19.1 Å². The van der Waals surface area contributed by atoms with Crippen LogP contribution in [0.25, 0.3) is 5.69 Å². The molecule has 0 spiro atoms. The number of hydrogen-bond acceptors (Lipinski definition) is 5. The number of halogens is 1. The average Bonchev–Trinajstić information content (AvgIpc) is 3.07. The van der Waals surface area contributed by atoms with Crippen molar-refractivity contribution in [2.45, 2.75) is 13.5 Å². The van der Waals surface area contributed by atoms with E-state index >= 15 is 0 Å². The van der Waals surface area contributed by atoms with E-state index in [9.17, 15) is 14.0 Å². The SMILES string of the molecule is Cc1cc(=O)c(C(=O)OCc2cccs2)nn1-c1ccccc1F. The van der Waals surface area contributed by atoms with Crippen molar-refractivity contribution in [3.8, 4) is 5.69 Å². The smallest absolute Gasteiger partial charge is 0.363 e. The number of nitrogens with zero attached hydrogens (tertiary/aromatic N) is 2. The number of carbonyl (C=O) groups is 1. The van der Waals surface area contributed by atoms with Gasteiger partial charge in [-0.1, -0.05) is 18.2 Å². The molecule has 0 fully saturated rings. The molecule has 0 unspecified atom stereocenters. The fourth-order valence-corrected chi connectivity index (χ4v) is 2.77. The van der Waals surface area contributed by atoms with Crippen molar-refractivity contribution in [2.24, 2.45) is 0 Å². The molecular formula is C17H13FN2O3S. The fourth-order valence-electron chi connectivity index (χ4n) is 2.16. The van der Waals surface area contributed by atoms with Crippen LogP contribution in [-0.4, -0.2) is 15.7 Å². The van der Waals surface area contributed by atoms with Crippen molar-refractivity contribution in [1.82, 2.24) is 9.78 Å². The van der Waals surface area contributed by atoms with Gasteiger partial charge >= 0.3 is 5.97 Å². The molecule has 0 saturated heterocycles. The van der Waals surface area contributed by atoms with Gasteiger partial charge in [-0.05, 0) is 30.5 Å². The molecule has 0 amide bonds. The van der Waals surface area contributed by atoms with Gasteiger partial charge in [0.15, 0.2) is 0 Å². The van der Waals surface area contributed by atoms with E-state index in [1.165, 1.54) is 34.2 Å². The molecule has 7 heteroatoms. The molecule has 0 aliphatic carbocycles. The Morgan fingerprint density at radius 1 is 1.29 bits per heavy atom. The van der Waals surface area contributed by atoms with Crippen molar-refractivity contribution < 1.29 is 13.9 Å². The predicted octanol–water partition coefficient (Wildman–Crippen LogP) is 3.10. The minimum atomic E-state index is -0.835. The van der Waals surface area contributed by atoms with Crippen LogP contribution in [0.2, 0.25) is 0 Å². The lowest BCUT2D eigenvalue weighted by molar-refractivity contribution is 0.0465. The van der Waals surface area contributed by atoms with Crippen molar-refractivity contribution >= 4 is 17.3 Å². The second-order valence-corrected chi connectivity index (χ2v) is 6.05. The van der Waals surface area contributed by atoms with Gasteiger partial charge < -0.3 is 4.74 Å². The van der Waals surface area contributed by atoms with E-state index in [-0.39, 0.29) is 18.0 Å². The van der Waals surface area contributed by atoms with Crippen LogP contribution >= 0.6 is 11.3 Å². The van der Waals surface area contributed by atoms with Crippen LogP contribution in [0.3, 0.4) is 0 Å². The Labute approximate surface area is 141 Å². The summed E-state index contributed by atoms with van der Waals surface area (Å²) in [5, 5.41) is 5.86. The Bertz CT molecular complexity index is 935. The molecule has 0 atom stereocenters. The van der Waals surface area contributed by atoms with Crippen LogP contribution in [0.4, 0.5) is 4.39 Å². The normalized spacial score (nSPS) is 10.6. The standard InChI is InChI=1S/C17H13FN2O3S/c1-11-9-15(21)16(17(22)23-10-12-5-4-8-24-12)19-20(11)14-7-3-2-6-13(14)18/h2-9H,10H2,1H3. The molecule has 0 aliphatic rings. The van der Waals surface area contributed by atoms with Gasteiger partial charge in [0.2, 0.25) is 11.1 Å². The highest BCUT2D eigenvalue weighted by molar-refractivity contribution is 7.09. The maximum absolute atomic E-state index is 14.0. The van der Waals surface area contributed by atoms with E-state index in [2.05, 4.69) is 5.10 Å². The molecular weight excluding hydrogens is 331 g/mol. The van der Waals surface area contributed by atoms with Crippen molar-refractivity contribution in [3.63, 3.8) is 0 Å². The summed E-state index contributed by atoms with van der Waals surface area (Å²) < 4.78 is 20.3. The van der Waals surface area contributed by atoms with Crippen molar-refractivity contribution in [2.75, 3.05) is 0 Å². The quantitative estimate of drug-likeness (QED) is 0.683. The minimum absolute atomic E-state index is 0.0607. The first-order valence-corrected chi connectivity index (χ1v) is 7.99. The Morgan fingerprint density at radius 3 is 2.79 bits per heavy atom. The zero-order valence-corrected chi connectivity index (χ0v) is 13.5. The van der Waals surface area contributed by atoms with E-state index in [0.717, 1.165) is 4.88 Å². The Hall–Kier alpha value is -2.80. The van der Waals surface area contributed by atoms with Gasteiger partial charge in [-0.25, -0.2) is 13.9 Å². The van der Waals surface area contributed by atoms with E-state index in [1.807, 2.05) is 17.5 Å².